The number of benzene rings is 1. The number of carbonyl (C=O) groups is 1. The number of carboxylic acids is 1. The van der Waals surface area contributed by atoms with E-state index < -0.39 is 5.97 Å². The summed E-state index contributed by atoms with van der Waals surface area (Å²) in [5.74, 6) is -1.06. The molecule has 0 aromatic heterocycles. The lowest BCUT2D eigenvalue weighted by Crippen LogP contribution is -2.11. The third-order valence-corrected chi connectivity index (χ3v) is 1.86. The number of nitrogens with zero attached hydrogens (tertiary/aromatic N) is 1. The number of hydrogen-bond donors (Lipinski definition) is 2. The minimum Gasteiger partial charge on any atom is -0.478 e. The predicted molar refractivity (Wildman–Crippen MR) is 48.6 cm³/mol. The molecule has 0 atom stereocenters. The van der Waals surface area contributed by atoms with Crippen LogP contribution in [0.25, 0.3) is 0 Å². The van der Waals surface area contributed by atoms with Crippen LogP contribution in [0.5, 0.6) is 0 Å². The fourth-order valence-electron chi connectivity index (χ4n) is 0.894. The molecule has 2 N–H and O–H groups in total. The maximum atomic E-state index is 10.5. The lowest BCUT2D eigenvalue weighted by atomic mass is 10.2. The van der Waals surface area contributed by atoms with Gasteiger partial charge in [-0.25, -0.2) is 4.79 Å². The summed E-state index contributed by atoms with van der Waals surface area (Å²) in [5.41, 5.74) is 0.349. The predicted octanol–water partition coefficient (Wildman–Crippen LogP) is 1.86. The Labute approximate surface area is 79.9 Å². The smallest absolute Gasteiger partial charge is 0.335 e. The van der Waals surface area contributed by atoms with Crippen molar-refractivity contribution in [1.29, 1.82) is 0 Å². The average Bonchev–Trinajstić information content (AvgIpc) is 2.04. The maximum absolute atomic E-state index is 10.5. The molecule has 5 heteroatoms. The van der Waals surface area contributed by atoms with Crippen LogP contribution in [0.1, 0.15) is 10.4 Å². The monoisotopic (exact) mass is 201 g/mol. The summed E-state index contributed by atoms with van der Waals surface area (Å²) >= 11 is 5.70. The largest absolute Gasteiger partial charge is 0.478 e. The van der Waals surface area contributed by atoms with Gasteiger partial charge in [0, 0.05) is 7.05 Å². The van der Waals surface area contributed by atoms with E-state index >= 15 is 0 Å². The summed E-state index contributed by atoms with van der Waals surface area (Å²) in [4.78, 5) is 10.5. The van der Waals surface area contributed by atoms with Crippen LogP contribution in [0, 0.1) is 0 Å². The molecular weight excluding hydrogens is 194 g/mol. The molecule has 0 aliphatic carbocycles. The molecule has 1 aromatic carbocycles. The molecule has 0 unspecified atom stereocenters. The van der Waals surface area contributed by atoms with Crippen LogP contribution in [-0.4, -0.2) is 23.3 Å². The van der Waals surface area contributed by atoms with E-state index in [4.69, 9.17) is 21.9 Å². The van der Waals surface area contributed by atoms with Crippen molar-refractivity contribution in [3.05, 3.63) is 28.8 Å². The highest BCUT2D eigenvalue weighted by molar-refractivity contribution is 6.33. The van der Waals surface area contributed by atoms with Crippen LogP contribution >= 0.6 is 11.6 Å². The van der Waals surface area contributed by atoms with Crippen LogP contribution in [0.2, 0.25) is 5.02 Å². The number of carboxylic acid groups (broad SMARTS) is 1. The summed E-state index contributed by atoms with van der Waals surface area (Å²) in [6, 6.07) is 4.09. The van der Waals surface area contributed by atoms with Crippen LogP contribution in [0.15, 0.2) is 18.2 Å². The van der Waals surface area contributed by atoms with Crippen molar-refractivity contribution in [2.24, 2.45) is 0 Å². The van der Waals surface area contributed by atoms with Crippen molar-refractivity contribution in [2.45, 2.75) is 0 Å². The molecule has 1 rings (SSSR count). The van der Waals surface area contributed by atoms with Gasteiger partial charge < -0.3 is 5.11 Å². The first-order valence-corrected chi connectivity index (χ1v) is 3.85. The average molecular weight is 202 g/mol. The van der Waals surface area contributed by atoms with Crippen molar-refractivity contribution in [1.82, 2.24) is 0 Å². The molecule has 0 heterocycles. The van der Waals surface area contributed by atoms with Crippen molar-refractivity contribution < 1.29 is 15.1 Å². The van der Waals surface area contributed by atoms with Gasteiger partial charge in [0.25, 0.3) is 0 Å². The van der Waals surface area contributed by atoms with Crippen LogP contribution in [0.4, 0.5) is 5.69 Å². The fraction of sp³-hybridized carbons (Fsp3) is 0.125. The van der Waals surface area contributed by atoms with E-state index in [0.717, 1.165) is 5.06 Å². The van der Waals surface area contributed by atoms with E-state index in [1.54, 1.807) is 0 Å². The van der Waals surface area contributed by atoms with E-state index in [-0.39, 0.29) is 11.3 Å². The summed E-state index contributed by atoms with van der Waals surface area (Å²) in [6.45, 7) is 0. The molecule has 0 bridgehead atoms. The van der Waals surface area contributed by atoms with Gasteiger partial charge in [0.15, 0.2) is 0 Å². The lowest BCUT2D eigenvalue weighted by molar-refractivity contribution is 0.0697. The Morgan fingerprint density at radius 1 is 1.54 bits per heavy atom. The van der Waals surface area contributed by atoms with E-state index in [0.29, 0.717) is 5.02 Å². The first-order valence-electron chi connectivity index (χ1n) is 3.48. The van der Waals surface area contributed by atoms with Gasteiger partial charge >= 0.3 is 5.97 Å². The quantitative estimate of drug-likeness (QED) is 0.717. The molecule has 0 saturated carbocycles. The zero-order chi connectivity index (χ0) is 10.0. The van der Waals surface area contributed by atoms with Crippen molar-refractivity contribution >= 4 is 23.3 Å². The Morgan fingerprint density at radius 2 is 2.15 bits per heavy atom. The molecule has 0 aliphatic rings. The van der Waals surface area contributed by atoms with Crippen LogP contribution < -0.4 is 5.06 Å². The highest BCUT2D eigenvalue weighted by Crippen LogP contribution is 2.24. The number of rotatable bonds is 2. The fourth-order valence-corrected chi connectivity index (χ4v) is 1.13. The number of aromatic carboxylic acids is 1. The van der Waals surface area contributed by atoms with Gasteiger partial charge in [-0.2, -0.15) is 0 Å². The molecule has 1 aromatic rings. The third kappa shape index (κ3) is 2.11. The van der Waals surface area contributed by atoms with Gasteiger partial charge in [-0.3, -0.25) is 10.3 Å². The molecule has 13 heavy (non-hydrogen) atoms. The maximum Gasteiger partial charge on any atom is 0.335 e. The van der Waals surface area contributed by atoms with Crippen LogP contribution in [0.3, 0.4) is 0 Å². The standard InChI is InChI=1S/C8H8ClNO3/c1-10(13)7-4-5(8(11)12)2-3-6(7)9/h2-4,13H,1H3,(H,11,12). The minimum atomic E-state index is -1.06. The first kappa shape index (κ1) is 9.83. The highest BCUT2D eigenvalue weighted by Gasteiger charge is 2.08. The minimum absolute atomic E-state index is 0.0836. The van der Waals surface area contributed by atoms with E-state index in [1.165, 1.54) is 25.2 Å². The zero-order valence-electron chi connectivity index (χ0n) is 6.86. The van der Waals surface area contributed by atoms with E-state index in [1.807, 2.05) is 0 Å². The second-order valence-electron chi connectivity index (χ2n) is 2.49. The van der Waals surface area contributed by atoms with Crippen molar-refractivity contribution in [3.63, 3.8) is 0 Å². The van der Waals surface area contributed by atoms with E-state index in [9.17, 15) is 4.79 Å². The molecule has 0 aliphatic heterocycles. The number of anilines is 1. The molecular formula is C8H8ClNO3. The van der Waals surface area contributed by atoms with Crippen molar-refractivity contribution in [2.75, 3.05) is 12.1 Å². The summed E-state index contributed by atoms with van der Waals surface area (Å²) in [6.07, 6.45) is 0. The van der Waals surface area contributed by atoms with Crippen LogP contribution in [-0.2, 0) is 0 Å². The highest BCUT2D eigenvalue weighted by atomic mass is 35.5. The first-order chi connectivity index (χ1) is 6.02. The van der Waals surface area contributed by atoms with Gasteiger partial charge in [-0.15, -0.1) is 0 Å². The summed E-state index contributed by atoms with van der Waals surface area (Å²) in [5, 5.41) is 18.8. The Bertz CT molecular complexity index is 338. The molecule has 70 valence electrons. The second kappa shape index (κ2) is 3.64. The lowest BCUT2D eigenvalue weighted by Gasteiger charge is -2.12. The van der Waals surface area contributed by atoms with Gasteiger partial charge in [-0.1, -0.05) is 11.6 Å². The zero-order valence-corrected chi connectivity index (χ0v) is 7.62. The van der Waals surface area contributed by atoms with Gasteiger partial charge in [0.2, 0.25) is 0 Å². The molecule has 0 saturated heterocycles. The molecule has 0 amide bonds. The number of hydroxylamine groups is 1. The Hall–Kier alpha value is -1.26. The Kier molecular flexibility index (Phi) is 2.75. The van der Waals surface area contributed by atoms with E-state index in [2.05, 4.69) is 0 Å². The van der Waals surface area contributed by atoms with Gasteiger partial charge in [-0.05, 0) is 18.2 Å². The summed E-state index contributed by atoms with van der Waals surface area (Å²) in [7, 11) is 1.37. The third-order valence-electron chi connectivity index (χ3n) is 1.54. The molecule has 0 fully saturated rings. The van der Waals surface area contributed by atoms with Gasteiger partial charge in [0.1, 0.15) is 0 Å². The summed E-state index contributed by atoms with van der Waals surface area (Å²) < 4.78 is 0. The molecule has 0 spiro atoms. The topological polar surface area (TPSA) is 60.8 Å². The SMILES string of the molecule is CN(O)c1cc(C(=O)O)ccc1Cl. The van der Waals surface area contributed by atoms with Crippen molar-refractivity contribution in [3.8, 4) is 0 Å². The van der Waals surface area contributed by atoms with Gasteiger partial charge in [0.05, 0.1) is 16.3 Å². The normalized spacial score (nSPS) is 9.77. The molecule has 0 radical (unpaired) electrons. The second-order valence-corrected chi connectivity index (χ2v) is 2.90. The Balaban J connectivity index is 3.19. The number of halogens is 1. The Morgan fingerprint density at radius 3 is 2.62 bits per heavy atom. The number of hydrogen-bond acceptors (Lipinski definition) is 3. The molecule has 4 nitrogen and oxygen atoms in total.